The van der Waals surface area contributed by atoms with Crippen molar-refractivity contribution in [2.75, 3.05) is 0 Å². The molecule has 0 aromatic rings. The van der Waals surface area contributed by atoms with Gasteiger partial charge in [-0.1, -0.05) is 50.3 Å². The highest BCUT2D eigenvalue weighted by Crippen LogP contribution is 2.82. The molecule has 2 saturated carbocycles. The number of hydrogen-bond donors (Lipinski definition) is 1. The van der Waals surface area contributed by atoms with Crippen LogP contribution >= 0.6 is 0 Å². The van der Waals surface area contributed by atoms with Crippen LogP contribution in [0, 0.1) is 28.1 Å². The van der Waals surface area contributed by atoms with Crippen LogP contribution < -0.4 is 0 Å². The van der Waals surface area contributed by atoms with Crippen LogP contribution in [0.25, 0.3) is 0 Å². The summed E-state index contributed by atoms with van der Waals surface area (Å²) in [4.78, 5) is 12.0. The first-order chi connectivity index (χ1) is 12.8. The van der Waals surface area contributed by atoms with Crippen molar-refractivity contribution in [1.29, 1.82) is 0 Å². The number of ketones is 1. The van der Waals surface area contributed by atoms with Gasteiger partial charge in [0.1, 0.15) is 0 Å². The predicted octanol–water partition coefficient (Wildman–Crippen LogP) is 5.75. The Morgan fingerprint density at radius 1 is 1.11 bits per heavy atom. The molecule has 0 radical (unpaired) electrons. The molecule has 5 aliphatic carbocycles. The predicted molar refractivity (Wildman–Crippen MR) is 108 cm³/mol. The maximum Gasteiger partial charge on any atom is 0.155 e. The average Bonchev–Trinajstić information content (AvgIpc) is 3.30. The lowest BCUT2D eigenvalue weighted by molar-refractivity contribution is -0.115. The van der Waals surface area contributed by atoms with Gasteiger partial charge in [-0.05, 0) is 74.7 Å². The van der Waals surface area contributed by atoms with E-state index in [0.717, 1.165) is 38.0 Å². The lowest BCUT2D eigenvalue weighted by atomic mass is 9.51. The van der Waals surface area contributed by atoms with Crippen LogP contribution in [0.4, 0.5) is 0 Å². The molecule has 0 amide bonds. The molecule has 2 nitrogen and oxygen atoms in total. The molecule has 5 aliphatic rings. The molecule has 2 fully saturated rings. The number of aliphatic hydroxyl groups is 1. The maximum absolute atomic E-state index is 12.0. The van der Waals surface area contributed by atoms with Gasteiger partial charge < -0.3 is 5.11 Å². The largest absolute Gasteiger partial charge is 0.393 e. The summed E-state index contributed by atoms with van der Waals surface area (Å²) in [5, 5.41) is 10.9. The smallest absolute Gasteiger partial charge is 0.155 e. The van der Waals surface area contributed by atoms with E-state index in [1.165, 1.54) is 44.1 Å². The van der Waals surface area contributed by atoms with E-state index in [-0.39, 0.29) is 11.5 Å². The number of fused-ring (bicyclic) bond motifs is 2. The van der Waals surface area contributed by atoms with Crippen molar-refractivity contribution in [3.63, 3.8) is 0 Å². The topological polar surface area (TPSA) is 37.3 Å². The van der Waals surface area contributed by atoms with Crippen LogP contribution in [0.5, 0.6) is 0 Å². The number of carbonyl (C=O) groups excluding carboxylic acids is 1. The molecule has 0 aromatic heterocycles. The summed E-state index contributed by atoms with van der Waals surface area (Å²) in [7, 11) is 0. The number of aliphatic hydroxyl groups excluding tert-OH is 1. The van der Waals surface area contributed by atoms with Gasteiger partial charge >= 0.3 is 0 Å². The molecule has 0 bridgehead atoms. The minimum Gasteiger partial charge on any atom is -0.393 e. The highest BCUT2D eigenvalue weighted by molar-refractivity contribution is 5.92. The second-order valence-electron chi connectivity index (χ2n) is 11.0. The summed E-state index contributed by atoms with van der Waals surface area (Å²) in [6.07, 6.45) is 14.6. The fourth-order valence-corrected chi connectivity index (χ4v) is 8.06. The molecular formula is C25H36O2. The van der Waals surface area contributed by atoms with Gasteiger partial charge in [-0.3, -0.25) is 4.79 Å². The number of carbonyl (C=O) groups is 1. The number of hydrogen-bond acceptors (Lipinski definition) is 2. The Hall–Kier alpha value is -0.890. The van der Waals surface area contributed by atoms with Gasteiger partial charge in [-0.15, -0.1) is 0 Å². The van der Waals surface area contributed by atoms with Crippen LogP contribution in [-0.4, -0.2) is 17.0 Å². The molecule has 5 atom stereocenters. The normalized spacial score (nSPS) is 45.2. The Balaban J connectivity index is 1.53. The minimum atomic E-state index is -0.0754. The second kappa shape index (κ2) is 5.81. The molecule has 5 rings (SSSR count). The first-order valence-corrected chi connectivity index (χ1v) is 11.5. The zero-order chi connectivity index (χ0) is 19.0. The van der Waals surface area contributed by atoms with E-state index in [4.69, 9.17) is 0 Å². The summed E-state index contributed by atoms with van der Waals surface area (Å²) >= 11 is 0. The van der Waals surface area contributed by atoms with Gasteiger partial charge in [0.2, 0.25) is 0 Å². The monoisotopic (exact) mass is 368 g/mol. The van der Waals surface area contributed by atoms with Crippen LogP contribution in [-0.2, 0) is 4.79 Å². The minimum absolute atomic E-state index is 0.0754. The second-order valence-corrected chi connectivity index (χ2v) is 11.0. The summed E-state index contributed by atoms with van der Waals surface area (Å²) in [5.41, 5.74) is 5.70. The van der Waals surface area contributed by atoms with Crippen LogP contribution in [0.1, 0.15) is 91.4 Å². The number of rotatable bonds is 4. The third-order valence-corrected chi connectivity index (χ3v) is 9.44. The summed E-state index contributed by atoms with van der Waals surface area (Å²) in [5.74, 6) is 1.64. The van der Waals surface area contributed by atoms with E-state index in [1.807, 2.05) is 6.08 Å². The van der Waals surface area contributed by atoms with Gasteiger partial charge in [0.25, 0.3) is 0 Å². The van der Waals surface area contributed by atoms with Crippen molar-refractivity contribution in [2.24, 2.45) is 28.1 Å². The lowest BCUT2D eigenvalue weighted by Gasteiger charge is -2.53. The Kier molecular flexibility index (Phi) is 3.91. The van der Waals surface area contributed by atoms with E-state index in [2.05, 4.69) is 20.8 Å². The third kappa shape index (κ3) is 2.32. The van der Waals surface area contributed by atoms with Crippen molar-refractivity contribution >= 4 is 5.78 Å². The SMILES string of the molecule is CC(C)CCC[C@]12CCC3=C(CCC4=CC(=O)CC[C@@]43C)[C@@]13CC3[C@@H](O)C2. The fourth-order valence-electron chi connectivity index (χ4n) is 8.06. The Morgan fingerprint density at radius 2 is 1.93 bits per heavy atom. The first kappa shape index (κ1) is 18.2. The van der Waals surface area contributed by atoms with Crippen molar-refractivity contribution in [1.82, 2.24) is 0 Å². The third-order valence-electron chi connectivity index (χ3n) is 9.44. The molecule has 1 unspecified atom stereocenters. The molecule has 0 aliphatic heterocycles. The molecule has 0 heterocycles. The molecule has 0 aromatic carbocycles. The van der Waals surface area contributed by atoms with E-state index in [0.29, 0.717) is 22.5 Å². The quantitative estimate of drug-likeness (QED) is 0.642. The van der Waals surface area contributed by atoms with Crippen molar-refractivity contribution in [3.8, 4) is 0 Å². The zero-order valence-electron chi connectivity index (χ0n) is 17.4. The maximum atomic E-state index is 12.0. The Labute approximate surface area is 164 Å². The molecule has 148 valence electrons. The van der Waals surface area contributed by atoms with Crippen LogP contribution in [0.15, 0.2) is 22.8 Å². The Bertz CT molecular complexity index is 743. The molecule has 1 N–H and O–H groups in total. The van der Waals surface area contributed by atoms with E-state index in [9.17, 15) is 9.90 Å². The molecule has 1 spiro atoms. The standard InChI is InChI=1S/C25H36O2/c1-16(2)5-4-10-24-12-9-19-20(25(24)14-21(25)22(27)15-24)7-6-17-13-18(26)8-11-23(17,19)3/h13,16,21-22,27H,4-12,14-15H2,1-3H3/t21?,22-,23-,24+,25+/m0/s1. The van der Waals surface area contributed by atoms with E-state index < -0.39 is 0 Å². The van der Waals surface area contributed by atoms with Gasteiger partial charge in [0.15, 0.2) is 5.78 Å². The van der Waals surface area contributed by atoms with Crippen molar-refractivity contribution in [2.45, 2.75) is 97.5 Å². The molecule has 27 heavy (non-hydrogen) atoms. The molecule has 0 saturated heterocycles. The van der Waals surface area contributed by atoms with Crippen molar-refractivity contribution in [3.05, 3.63) is 22.8 Å². The van der Waals surface area contributed by atoms with Gasteiger partial charge in [-0.2, -0.15) is 0 Å². The zero-order valence-corrected chi connectivity index (χ0v) is 17.4. The first-order valence-electron chi connectivity index (χ1n) is 11.5. The fraction of sp³-hybridized carbons (Fsp3) is 0.800. The lowest BCUT2D eigenvalue weighted by Crippen LogP contribution is -2.42. The molecular weight excluding hydrogens is 332 g/mol. The average molecular weight is 369 g/mol. The van der Waals surface area contributed by atoms with E-state index in [1.54, 1.807) is 11.1 Å². The van der Waals surface area contributed by atoms with Gasteiger partial charge in [0.05, 0.1) is 6.10 Å². The number of allylic oxidation sites excluding steroid dienone is 4. The van der Waals surface area contributed by atoms with Crippen molar-refractivity contribution < 1.29 is 9.90 Å². The van der Waals surface area contributed by atoms with Crippen LogP contribution in [0.3, 0.4) is 0 Å². The van der Waals surface area contributed by atoms with Crippen LogP contribution in [0.2, 0.25) is 0 Å². The molecule has 2 heteroatoms. The highest BCUT2D eigenvalue weighted by Gasteiger charge is 2.76. The highest BCUT2D eigenvalue weighted by atomic mass is 16.3. The van der Waals surface area contributed by atoms with Gasteiger partial charge in [0, 0.05) is 17.3 Å². The summed E-state index contributed by atoms with van der Waals surface area (Å²) in [6.45, 7) is 7.09. The van der Waals surface area contributed by atoms with Gasteiger partial charge in [-0.25, -0.2) is 0 Å². The van der Waals surface area contributed by atoms with E-state index >= 15 is 0 Å². The Morgan fingerprint density at radius 3 is 2.67 bits per heavy atom. The summed E-state index contributed by atoms with van der Waals surface area (Å²) in [6, 6.07) is 0. The summed E-state index contributed by atoms with van der Waals surface area (Å²) < 4.78 is 0.